The van der Waals surface area contributed by atoms with Gasteiger partial charge in [-0.1, -0.05) is 25.5 Å². The number of urea groups is 1. The number of rotatable bonds is 5. The van der Waals surface area contributed by atoms with Gasteiger partial charge >= 0.3 is 12.0 Å². The second-order valence-corrected chi connectivity index (χ2v) is 4.21. The Morgan fingerprint density at radius 3 is 2.63 bits per heavy atom. The highest BCUT2D eigenvalue weighted by Crippen LogP contribution is 2.18. The lowest BCUT2D eigenvalue weighted by Gasteiger charge is -2.15. The maximum atomic E-state index is 13.5. The third-order valence-corrected chi connectivity index (χ3v) is 2.64. The molecule has 0 aromatic heterocycles. The summed E-state index contributed by atoms with van der Waals surface area (Å²) in [5.41, 5.74) is 0.623. The number of carbonyl (C=O) groups is 2. The van der Waals surface area contributed by atoms with Crippen molar-refractivity contribution >= 4 is 17.7 Å². The van der Waals surface area contributed by atoms with Crippen LogP contribution in [0, 0.1) is 12.7 Å². The van der Waals surface area contributed by atoms with Crippen LogP contribution in [0.5, 0.6) is 0 Å². The topological polar surface area (TPSA) is 78.4 Å². The number of carbonyl (C=O) groups excluding carboxylic acids is 1. The van der Waals surface area contributed by atoms with Crippen molar-refractivity contribution in [1.29, 1.82) is 0 Å². The Bertz CT molecular complexity index is 457. The molecular weight excluding hydrogens is 251 g/mol. The highest BCUT2D eigenvalue weighted by molar-refractivity contribution is 5.92. The normalized spacial score (nSPS) is 11.7. The van der Waals surface area contributed by atoms with E-state index < -0.39 is 23.9 Å². The van der Waals surface area contributed by atoms with Crippen LogP contribution in [0.2, 0.25) is 0 Å². The van der Waals surface area contributed by atoms with Crippen molar-refractivity contribution in [2.75, 3.05) is 5.32 Å². The van der Waals surface area contributed by atoms with Gasteiger partial charge in [-0.3, -0.25) is 0 Å². The molecule has 0 aliphatic heterocycles. The molecular formula is C13H17FN2O3. The van der Waals surface area contributed by atoms with Gasteiger partial charge in [-0.2, -0.15) is 0 Å². The first-order valence-electron chi connectivity index (χ1n) is 6.01. The van der Waals surface area contributed by atoms with Crippen LogP contribution in [-0.4, -0.2) is 23.1 Å². The SMILES string of the molecule is CCC[C@@H](NC(=O)Nc1c(C)cccc1F)C(=O)O. The monoisotopic (exact) mass is 268 g/mol. The molecule has 0 heterocycles. The van der Waals surface area contributed by atoms with Crippen molar-refractivity contribution in [2.24, 2.45) is 0 Å². The second kappa shape index (κ2) is 6.72. The number of amides is 2. The van der Waals surface area contributed by atoms with E-state index in [0.29, 0.717) is 18.4 Å². The quantitative estimate of drug-likeness (QED) is 0.767. The summed E-state index contributed by atoms with van der Waals surface area (Å²) in [6, 6.07) is 2.71. The summed E-state index contributed by atoms with van der Waals surface area (Å²) >= 11 is 0. The number of nitrogens with one attached hydrogen (secondary N) is 2. The van der Waals surface area contributed by atoms with Gasteiger partial charge in [0.25, 0.3) is 0 Å². The van der Waals surface area contributed by atoms with E-state index in [9.17, 15) is 14.0 Å². The fourth-order valence-corrected chi connectivity index (χ4v) is 1.64. The molecule has 0 aliphatic carbocycles. The van der Waals surface area contributed by atoms with Crippen LogP contribution in [0.15, 0.2) is 18.2 Å². The van der Waals surface area contributed by atoms with Crippen LogP contribution in [0.25, 0.3) is 0 Å². The van der Waals surface area contributed by atoms with Crippen molar-refractivity contribution in [1.82, 2.24) is 5.32 Å². The van der Waals surface area contributed by atoms with Crippen molar-refractivity contribution in [3.8, 4) is 0 Å². The van der Waals surface area contributed by atoms with Gasteiger partial charge in [0, 0.05) is 0 Å². The molecule has 0 unspecified atom stereocenters. The summed E-state index contributed by atoms with van der Waals surface area (Å²) in [6.07, 6.45) is 0.939. The molecule has 0 saturated carbocycles. The van der Waals surface area contributed by atoms with E-state index in [1.807, 2.05) is 6.92 Å². The highest BCUT2D eigenvalue weighted by Gasteiger charge is 2.19. The Kier molecular flexibility index (Phi) is 5.29. The second-order valence-electron chi connectivity index (χ2n) is 4.21. The Morgan fingerprint density at radius 1 is 1.42 bits per heavy atom. The van der Waals surface area contributed by atoms with E-state index >= 15 is 0 Å². The number of hydrogen-bond acceptors (Lipinski definition) is 2. The van der Waals surface area contributed by atoms with Gasteiger partial charge in [0.2, 0.25) is 0 Å². The Morgan fingerprint density at radius 2 is 2.11 bits per heavy atom. The Labute approximate surface area is 110 Å². The number of halogens is 1. The molecule has 0 radical (unpaired) electrons. The number of aryl methyl sites for hydroxylation is 1. The first kappa shape index (κ1) is 14.9. The Balaban J connectivity index is 2.72. The number of para-hydroxylation sites is 1. The largest absolute Gasteiger partial charge is 0.480 e. The van der Waals surface area contributed by atoms with Crippen LogP contribution >= 0.6 is 0 Å². The molecule has 5 nitrogen and oxygen atoms in total. The van der Waals surface area contributed by atoms with Gasteiger partial charge < -0.3 is 15.7 Å². The first-order chi connectivity index (χ1) is 8.95. The molecule has 0 saturated heterocycles. The molecule has 2 amide bonds. The van der Waals surface area contributed by atoms with E-state index in [4.69, 9.17) is 5.11 Å². The molecule has 0 spiro atoms. The minimum absolute atomic E-state index is 0.0561. The predicted molar refractivity (Wildman–Crippen MR) is 69.6 cm³/mol. The zero-order valence-electron chi connectivity index (χ0n) is 10.9. The smallest absolute Gasteiger partial charge is 0.326 e. The first-order valence-corrected chi connectivity index (χ1v) is 6.01. The van der Waals surface area contributed by atoms with Gasteiger partial charge in [-0.15, -0.1) is 0 Å². The Hall–Kier alpha value is -2.11. The third kappa shape index (κ3) is 4.24. The van der Waals surface area contributed by atoms with Gasteiger partial charge in [0.15, 0.2) is 0 Å². The number of benzene rings is 1. The minimum atomic E-state index is -1.11. The van der Waals surface area contributed by atoms with Crippen molar-refractivity contribution in [3.05, 3.63) is 29.6 Å². The highest BCUT2D eigenvalue weighted by atomic mass is 19.1. The molecule has 6 heteroatoms. The summed E-state index contributed by atoms with van der Waals surface area (Å²) in [6.45, 7) is 3.47. The van der Waals surface area contributed by atoms with Crippen LogP contribution in [-0.2, 0) is 4.79 Å². The van der Waals surface area contributed by atoms with Gasteiger partial charge in [0.1, 0.15) is 11.9 Å². The standard InChI is InChI=1S/C13H17FN2O3/c1-3-5-10(12(17)18)15-13(19)16-11-8(2)6-4-7-9(11)14/h4,6-7,10H,3,5H2,1-2H3,(H,17,18)(H2,15,16,19)/t10-/m1/s1. The molecule has 104 valence electrons. The number of carboxylic acid groups (broad SMARTS) is 1. The minimum Gasteiger partial charge on any atom is -0.480 e. The summed E-state index contributed by atoms with van der Waals surface area (Å²) in [5.74, 6) is -1.67. The molecule has 19 heavy (non-hydrogen) atoms. The maximum absolute atomic E-state index is 13.5. The van der Waals surface area contributed by atoms with Crippen LogP contribution < -0.4 is 10.6 Å². The van der Waals surface area contributed by atoms with Crippen LogP contribution in [0.3, 0.4) is 0 Å². The molecule has 1 rings (SSSR count). The average molecular weight is 268 g/mol. The number of anilines is 1. The van der Waals surface area contributed by atoms with E-state index in [0.717, 1.165) is 0 Å². The molecule has 1 atom stereocenters. The van der Waals surface area contributed by atoms with Crippen LogP contribution in [0.1, 0.15) is 25.3 Å². The summed E-state index contributed by atoms with van der Waals surface area (Å²) < 4.78 is 13.5. The molecule has 1 aromatic carbocycles. The average Bonchev–Trinajstić information content (AvgIpc) is 2.33. The summed E-state index contributed by atoms with van der Waals surface area (Å²) in [4.78, 5) is 22.5. The molecule has 1 aromatic rings. The number of aliphatic carboxylic acids is 1. The molecule has 0 aliphatic rings. The molecule has 0 fully saturated rings. The number of hydrogen-bond donors (Lipinski definition) is 3. The molecule has 0 bridgehead atoms. The third-order valence-electron chi connectivity index (χ3n) is 2.64. The van der Waals surface area contributed by atoms with Crippen molar-refractivity contribution < 1.29 is 19.1 Å². The fraction of sp³-hybridized carbons (Fsp3) is 0.385. The maximum Gasteiger partial charge on any atom is 0.326 e. The predicted octanol–water partition coefficient (Wildman–Crippen LogP) is 2.51. The van der Waals surface area contributed by atoms with Gasteiger partial charge in [0.05, 0.1) is 5.69 Å². The lowest BCUT2D eigenvalue weighted by atomic mass is 10.1. The van der Waals surface area contributed by atoms with Crippen LogP contribution in [0.4, 0.5) is 14.9 Å². The fourth-order valence-electron chi connectivity index (χ4n) is 1.64. The lowest BCUT2D eigenvalue weighted by molar-refractivity contribution is -0.139. The summed E-state index contributed by atoms with van der Waals surface area (Å²) in [7, 11) is 0. The zero-order valence-corrected chi connectivity index (χ0v) is 10.9. The molecule has 3 N–H and O–H groups in total. The van der Waals surface area contributed by atoms with E-state index in [1.165, 1.54) is 12.1 Å². The van der Waals surface area contributed by atoms with E-state index in [2.05, 4.69) is 10.6 Å². The van der Waals surface area contributed by atoms with Crippen molar-refractivity contribution in [3.63, 3.8) is 0 Å². The van der Waals surface area contributed by atoms with E-state index in [-0.39, 0.29) is 5.69 Å². The lowest BCUT2D eigenvalue weighted by Crippen LogP contribution is -2.43. The summed E-state index contributed by atoms with van der Waals surface area (Å²) in [5, 5.41) is 13.5. The number of carboxylic acids is 1. The van der Waals surface area contributed by atoms with Gasteiger partial charge in [-0.05, 0) is 25.0 Å². The zero-order chi connectivity index (χ0) is 14.4. The van der Waals surface area contributed by atoms with Gasteiger partial charge in [-0.25, -0.2) is 14.0 Å². The van der Waals surface area contributed by atoms with Crippen molar-refractivity contribution in [2.45, 2.75) is 32.7 Å². The van der Waals surface area contributed by atoms with E-state index in [1.54, 1.807) is 13.0 Å².